The first kappa shape index (κ1) is 11.2. The third kappa shape index (κ3) is 2.56. The number of hydrogen-bond acceptors (Lipinski definition) is 3. The summed E-state index contributed by atoms with van der Waals surface area (Å²) >= 11 is 0. The molecule has 0 N–H and O–H groups in total. The lowest BCUT2D eigenvalue weighted by atomic mass is 10.1. The maximum absolute atomic E-state index is 11.1. The van der Waals surface area contributed by atoms with Crippen LogP contribution in [-0.4, -0.2) is 49.8 Å². The number of hydrogen-bond donors (Lipinski definition) is 0. The summed E-state index contributed by atoms with van der Waals surface area (Å²) in [6.07, 6.45) is 0. The molecule has 1 rings (SSSR count). The first-order valence-electron chi connectivity index (χ1n) is 4.24. The SMILES string of the molecule is CC1CN(S(=O)(=O)Cl)CC(C)N1C. The van der Waals surface area contributed by atoms with Crippen LogP contribution in [0.1, 0.15) is 13.8 Å². The van der Waals surface area contributed by atoms with Crippen molar-refractivity contribution in [1.82, 2.24) is 9.21 Å². The summed E-state index contributed by atoms with van der Waals surface area (Å²) in [5.74, 6) is 0. The van der Waals surface area contributed by atoms with Crippen LogP contribution in [0.15, 0.2) is 0 Å². The van der Waals surface area contributed by atoms with Crippen molar-refractivity contribution in [2.45, 2.75) is 25.9 Å². The van der Waals surface area contributed by atoms with Crippen LogP contribution in [-0.2, 0) is 9.24 Å². The molecular formula is C7H15ClN2O2S. The molecule has 0 bridgehead atoms. The molecule has 1 fully saturated rings. The lowest BCUT2D eigenvalue weighted by Crippen LogP contribution is -2.55. The third-order valence-electron chi connectivity index (χ3n) is 2.63. The molecule has 0 aromatic heterocycles. The number of piperazine rings is 1. The Morgan fingerprint density at radius 3 is 1.92 bits per heavy atom. The minimum atomic E-state index is -3.54. The van der Waals surface area contributed by atoms with E-state index >= 15 is 0 Å². The van der Waals surface area contributed by atoms with Gasteiger partial charge in [0.25, 0.3) is 9.24 Å². The first-order chi connectivity index (χ1) is 5.82. The highest BCUT2D eigenvalue weighted by atomic mass is 35.7. The van der Waals surface area contributed by atoms with E-state index in [-0.39, 0.29) is 12.1 Å². The van der Waals surface area contributed by atoms with Crippen molar-refractivity contribution in [2.24, 2.45) is 0 Å². The maximum Gasteiger partial charge on any atom is 0.299 e. The summed E-state index contributed by atoms with van der Waals surface area (Å²) in [7, 11) is 3.73. The molecule has 0 aromatic rings. The number of rotatable bonds is 1. The van der Waals surface area contributed by atoms with E-state index in [1.54, 1.807) is 0 Å². The molecule has 2 atom stereocenters. The van der Waals surface area contributed by atoms with Crippen molar-refractivity contribution in [3.63, 3.8) is 0 Å². The second-order valence-corrected chi connectivity index (χ2v) is 6.13. The summed E-state index contributed by atoms with van der Waals surface area (Å²) in [6, 6.07) is 0.439. The molecule has 6 heteroatoms. The Morgan fingerprint density at radius 1 is 1.23 bits per heavy atom. The van der Waals surface area contributed by atoms with Gasteiger partial charge >= 0.3 is 0 Å². The van der Waals surface area contributed by atoms with Gasteiger partial charge in [-0.05, 0) is 20.9 Å². The fraction of sp³-hybridized carbons (Fsp3) is 1.00. The highest BCUT2D eigenvalue weighted by Crippen LogP contribution is 2.18. The fourth-order valence-corrected chi connectivity index (χ4v) is 2.66. The molecule has 4 nitrogen and oxygen atoms in total. The summed E-state index contributed by atoms with van der Waals surface area (Å²) < 4.78 is 23.4. The summed E-state index contributed by atoms with van der Waals surface area (Å²) in [5, 5.41) is 0. The van der Waals surface area contributed by atoms with Gasteiger partial charge < -0.3 is 0 Å². The van der Waals surface area contributed by atoms with Crippen LogP contribution >= 0.6 is 10.7 Å². The maximum atomic E-state index is 11.1. The van der Waals surface area contributed by atoms with Gasteiger partial charge in [0.1, 0.15) is 0 Å². The standard InChI is InChI=1S/C7H15ClN2O2S/c1-6-4-10(13(8,11)12)5-7(2)9(6)3/h6-7H,4-5H2,1-3H3. The zero-order valence-corrected chi connectivity index (χ0v) is 9.64. The van der Waals surface area contributed by atoms with Crippen LogP contribution in [0.5, 0.6) is 0 Å². The molecule has 1 aliphatic heterocycles. The van der Waals surface area contributed by atoms with Gasteiger partial charge in [0.2, 0.25) is 0 Å². The lowest BCUT2D eigenvalue weighted by Gasteiger charge is -2.40. The van der Waals surface area contributed by atoms with Gasteiger partial charge in [0, 0.05) is 35.9 Å². The lowest BCUT2D eigenvalue weighted by molar-refractivity contribution is 0.106. The molecule has 1 aliphatic rings. The van der Waals surface area contributed by atoms with Crippen LogP contribution in [0.3, 0.4) is 0 Å². The molecule has 0 aromatic carbocycles. The largest absolute Gasteiger partial charge is 0.299 e. The monoisotopic (exact) mass is 226 g/mol. The van der Waals surface area contributed by atoms with Crippen LogP contribution in [0.2, 0.25) is 0 Å². The quantitative estimate of drug-likeness (QED) is 0.612. The van der Waals surface area contributed by atoms with E-state index in [0.29, 0.717) is 13.1 Å². The Kier molecular flexibility index (Phi) is 3.22. The smallest absolute Gasteiger partial charge is 0.298 e. The minimum Gasteiger partial charge on any atom is -0.298 e. The molecule has 0 aliphatic carbocycles. The second-order valence-electron chi connectivity index (χ2n) is 3.62. The van der Waals surface area contributed by atoms with Crippen molar-refractivity contribution in [2.75, 3.05) is 20.1 Å². The molecule has 0 radical (unpaired) electrons. The molecular weight excluding hydrogens is 212 g/mol. The molecule has 0 saturated carbocycles. The Bertz CT molecular complexity index is 268. The average Bonchev–Trinajstić information content (AvgIpc) is 1.97. The van der Waals surface area contributed by atoms with E-state index in [4.69, 9.17) is 10.7 Å². The molecule has 2 unspecified atom stereocenters. The Labute approximate surface area is 84.0 Å². The van der Waals surface area contributed by atoms with E-state index in [1.807, 2.05) is 20.9 Å². The number of halogens is 1. The highest BCUT2D eigenvalue weighted by Gasteiger charge is 2.32. The van der Waals surface area contributed by atoms with Crippen molar-refractivity contribution < 1.29 is 8.42 Å². The van der Waals surface area contributed by atoms with Crippen molar-refractivity contribution in [3.05, 3.63) is 0 Å². The Morgan fingerprint density at radius 2 is 1.62 bits per heavy atom. The van der Waals surface area contributed by atoms with Crippen LogP contribution in [0.4, 0.5) is 0 Å². The van der Waals surface area contributed by atoms with Crippen LogP contribution in [0, 0.1) is 0 Å². The number of nitrogens with zero attached hydrogens (tertiary/aromatic N) is 2. The normalized spacial score (nSPS) is 33.5. The molecule has 13 heavy (non-hydrogen) atoms. The Hall–Kier alpha value is 0.160. The number of likely N-dealkylation sites (N-methyl/N-ethyl adjacent to an activating group) is 1. The van der Waals surface area contributed by atoms with Gasteiger partial charge in [0.05, 0.1) is 0 Å². The molecule has 0 spiro atoms. The zero-order chi connectivity index (χ0) is 10.2. The van der Waals surface area contributed by atoms with Gasteiger partial charge in [-0.3, -0.25) is 4.90 Å². The second kappa shape index (κ2) is 3.73. The van der Waals surface area contributed by atoms with Crippen LogP contribution < -0.4 is 0 Å². The van der Waals surface area contributed by atoms with E-state index in [1.165, 1.54) is 4.31 Å². The van der Waals surface area contributed by atoms with Crippen LogP contribution in [0.25, 0.3) is 0 Å². The molecule has 78 valence electrons. The topological polar surface area (TPSA) is 40.6 Å². The van der Waals surface area contributed by atoms with Gasteiger partial charge in [0.15, 0.2) is 0 Å². The van der Waals surface area contributed by atoms with E-state index in [9.17, 15) is 8.42 Å². The van der Waals surface area contributed by atoms with Gasteiger partial charge in [-0.2, -0.15) is 12.7 Å². The minimum absolute atomic E-state index is 0.220. The Balaban J connectivity index is 2.75. The summed E-state index contributed by atoms with van der Waals surface area (Å²) in [4.78, 5) is 2.15. The van der Waals surface area contributed by atoms with E-state index in [2.05, 4.69) is 4.90 Å². The predicted octanol–water partition coefficient (Wildman–Crippen LogP) is 0.494. The van der Waals surface area contributed by atoms with E-state index < -0.39 is 9.24 Å². The molecule has 0 amide bonds. The zero-order valence-electron chi connectivity index (χ0n) is 8.07. The van der Waals surface area contributed by atoms with Crippen molar-refractivity contribution in [1.29, 1.82) is 0 Å². The molecule has 1 heterocycles. The van der Waals surface area contributed by atoms with Gasteiger partial charge in [-0.15, -0.1) is 0 Å². The fourth-order valence-electron chi connectivity index (χ4n) is 1.53. The summed E-state index contributed by atoms with van der Waals surface area (Å²) in [6.45, 7) is 4.94. The van der Waals surface area contributed by atoms with Crippen molar-refractivity contribution in [3.8, 4) is 0 Å². The van der Waals surface area contributed by atoms with E-state index in [0.717, 1.165) is 0 Å². The first-order valence-corrected chi connectivity index (χ1v) is 6.50. The van der Waals surface area contributed by atoms with Crippen molar-refractivity contribution >= 4 is 19.9 Å². The van der Waals surface area contributed by atoms with Gasteiger partial charge in [-0.25, -0.2) is 0 Å². The predicted molar refractivity (Wildman–Crippen MR) is 53.0 cm³/mol. The summed E-state index contributed by atoms with van der Waals surface area (Å²) in [5.41, 5.74) is 0. The average molecular weight is 227 g/mol. The molecule has 1 saturated heterocycles. The third-order valence-corrected chi connectivity index (χ3v) is 4.14. The highest BCUT2D eigenvalue weighted by molar-refractivity contribution is 8.11. The van der Waals surface area contributed by atoms with Gasteiger partial charge in [-0.1, -0.05) is 0 Å².